The Labute approximate surface area is 95.1 Å². The van der Waals surface area contributed by atoms with Crippen LogP contribution in [0.25, 0.3) is 0 Å². The minimum Gasteiger partial charge on any atom is -0.383 e. The second kappa shape index (κ2) is 4.35. The molecule has 0 aliphatic heterocycles. The Morgan fingerprint density at radius 3 is 2.94 bits per heavy atom. The predicted molar refractivity (Wildman–Crippen MR) is 64.1 cm³/mol. The summed E-state index contributed by atoms with van der Waals surface area (Å²) in [6, 6.07) is 6.01. The van der Waals surface area contributed by atoms with Crippen molar-refractivity contribution < 1.29 is 0 Å². The highest BCUT2D eigenvalue weighted by Crippen LogP contribution is 2.14. The van der Waals surface area contributed by atoms with Crippen LogP contribution >= 0.6 is 0 Å². The molecule has 0 radical (unpaired) electrons. The number of hydrogen-bond acceptors (Lipinski definition) is 3. The molecule has 4 nitrogen and oxygen atoms in total. The van der Waals surface area contributed by atoms with E-state index in [2.05, 4.69) is 23.1 Å². The van der Waals surface area contributed by atoms with E-state index < -0.39 is 0 Å². The van der Waals surface area contributed by atoms with Gasteiger partial charge >= 0.3 is 0 Å². The van der Waals surface area contributed by atoms with Crippen LogP contribution in [0.15, 0.2) is 24.4 Å². The van der Waals surface area contributed by atoms with Gasteiger partial charge in [-0.2, -0.15) is 5.10 Å². The van der Waals surface area contributed by atoms with Gasteiger partial charge in [-0.1, -0.05) is 6.07 Å². The number of anilines is 1. The molecule has 0 unspecified atom stereocenters. The molecule has 0 aliphatic rings. The molecule has 0 bridgehead atoms. The quantitative estimate of drug-likeness (QED) is 0.850. The Morgan fingerprint density at radius 2 is 2.25 bits per heavy atom. The monoisotopic (exact) mass is 216 g/mol. The van der Waals surface area contributed by atoms with Gasteiger partial charge in [-0.05, 0) is 26.0 Å². The van der Waals surface area contributed by atoms with Gasteiger partial charge in [0.05, 0.1) is 5.69 Å². The Morgan fingerprint density at radius 1 is 1.44 bits per heavy atom. The van der Waals surface area contributed by atoms with Gasteiger partial charge in [-0.25, -0.2) is 4.98 Å². The Bertz CT molecular complexity index is 488. The number of rotatable bonds is 3. The molecule has 2 rings (SSSR count). The van der Waals surface area contributed by atoms with Crippen molar-refractivity contribution in [2.24, 2.45) is 0 Å². The maximum Gasteiger partial charge on any atom is 0.126 e. The van der Waals surface area contributed by atoms with Crippen LogP contribution in [0.3, 0.4) is 0 Å². The number of aryl methyl sites for hydroxylation is 2. The normalized spacial score (nSPS) is 10.6. The summed E-state index contributed by atoms with van der Waals surface area (Å²) < 4.78 is 2.00. The van der Waals surface area contributed by atoms with E-state index in [-0.39, 0.29) is 0 Å². The number of hydrogen-bond donors (Lipinski definition) is 1. The molecule has 2 aromatic heterocycles. The van der Waals surface area contributed by atoms with Gasteiger partial charge in [0.2, 0.25) is 0 Å². The number of nitrogens with zero attached hydrogens (tertiary/aromatic N) is 3. The molecular weight excluding hydrogens is 200 g/mol. The van der Waals surface area contributed by atoms with Crippen LogP contribution in [0.5, 0.6) is 0 Å². The fourth-order valence-corrected chi connectivity index (χ4v) is 1.81. The highest BCUT2D eigenvalue weighted by atomic mass is 15.3. The van der Waals surface area contributed by atoms with E-state index in [9.17, 15) is 0 Å². The van der Waals surface area contributed by atoms with Crippen molar-refractivity contribution in [1.29, 1.82) is 0 Å². The minimum absolute atomic E-state index is 0.601. The lowest BCUT2D eigenvalue weighted by molar-refractivity contribution is 0.625. The predicted octanol–water partition coefficient (Wildman–Crippen LogP) is 1.78. The zero-order valence-electron chi connectivity index (χ0n) is 9.64. The molecule has 0 amide bonds. The van der Waals surface area contributed by atoms with Crippen molar-refractivity contribution in [2.45, 2.75) is 26.8 Å². The second-order valence-electron chi connectivity index (χ2n) is 3.82. The SMILES string of the molecule is CCn1nc(C)cc1Cc1cccnc1N. The Hall–Kier alpha value is -1.84. The van der Waals surface area contributed by atoms with Crippen molar-refractivity contribution in [3.63, 3.8) is 0 Å². The third-order valence-corrected chi connectivity index (χ3v) is 2.58. The molecular formula is C12H16N4. The highest BCUT2D eigenvalue weighted by molar-refractivity contribution is 5.40. The lowest BCUT2D eigenvalue weighted by Gasteiger charge is -2.06. The van der Waals surface area contributed by atoms with Crippen LogP contribution in [0, 0.1) is 6.92 Å². The Kier molecular flexibility index (Phi) is 2.90. The zero-order chi connectivity index (χ0) is 11.5. The highest BCUT2D eigenvalue weighted by Gasteiger charge is 2.07. The van der Waals surface area contributed by atoms with Crippen LogP contribution in [-0.2, 0) is 13.0 Å². The van der Waals surface area contributed by atoms with E-state index in [0.717, 1.165) is 24.2 Å². The third kappa shape index (κ3) is 2.05. The van der Waals surface area contributed by atoms with Crippen LogP contribution in [0.2, 0.25) is 0 Å². The summed E-state index contributed by atoms with van der Waals surface area (Å²) in [5.41, 5.74) is 9.10. The maximum atomic E-state index is 5.83. The summed E-state index contributed by atoms with van der Waals surface area (Å²) in [5.74, 6) is 0.601. The molecule has 0 spiro atoms. The van der Waals surface area contributed by atoms with Crippen LogP contribution in [0.1, 0.15) is 23.9 Å². The first-order chi connectivity index (χ1) is 7.70. The van der Waals surface area contributed by atoms with Gasteiger partial charge < -0.3 is 5.73 Å². The molecule has 2 heterocycles. The maximum absolute atomic E-state index is 5.83. The lowest BCUT2D eigenvalue weighted by Crippen LogP contribution is -2.05. The number of aromatic nitrogens is 3. The van der Waals surface area contributed by atoms with Crippen LogP contribution < -0.4 is 5.73 Å². The molecule has 16 heavy (non-hydrogen) atoms. The van der Waals surface area contributed by atoms with E-state index >= 15 is 0 Å². The lowest BCUT2D eigenvalue weighted by atomic mass is 10.1. The van der Waals surface area contributed by atoms with Crippen molar-refractivity contribution >= 4 is 5.82 Å². The summed E-state index contributed by atoms with van der Waals surface area (Å²) >= 11 is 0. The van der Waals surface area contributed by atoms with Gasteiger partial charge in [0.15, 0.2) is 0 Å². The van der Waals surface area contributed by atoms with E-state index in [1.54, 1.807) is 6.20 Å². The van der Waals surface area contributed by atoms with Crippen LogP contribution in [-0.4, -0.2) is 14.8 Å². The molecule has 0 aromatic carbocycles. The standard InChI is InChI=1S/C12H16N4/c1-3-16-11(7-9(2)15-16)8-10-5-4-6-14-12(10)13/h4-7H,3,8H2,1-2H3,(H2,13,14). The van der Waals surface area contributed by atoms with E-state index in [1.165, 1.54) is 5.69 Å². The van der Waals surface area contributed by atoms with Gasteiger partial charge in [-0.3, -0.25) is 4.68 Å². The average molecular weight is 216 g/mol. The fraction of sp³-hybridized carbons (Fsp3) is 0.333. The summed E-state index contributed by atoms with van der Waals surface area (Å²) in [4.78, 5) is 4.09. The third-order valence-electron chi connectivity index (χ3n) is 2.58. The first-order valence-corrected chi connectivity index (χ1v) is 5.43. The molecule has 4 heteroatoms. The van der Waals surface area contributed by atoms with E-state index in [0.29, 0.717) is 5.82 Å². The summed E-state index contributed by atoms with van der Waals surface area (Å²) in [6.07, 6.45) is 2.50. The van der Waals surface area contributed by atoms with Crippen molar-refractivity contribution in [3.05, 3.63) is 41.3 Å². The first kappa shape index (κ1) is 10.7. The topological polar surface area (TPSA) is 56.7 Å². The fourth-order valence-electron chi connectivity index (χ4n) is 1.81. The van der Waals surface area contributed by atoms with Gasteiger partial charge in [0.1, 0.15) is 5.82 Å². The summed E-state index contributed by atoms with van der Waals surface area (Å²) in [6.45, 7) is 4.97. The molecule has 0 aliphatic carbocycles. The smallest absolute Gasteiger partial charge is 0.126 e. The van der Waals surface area contributed by atoms with Gasteiger partial charge in [0.25, 0.3) is 0 Å². The average Bonchev–Trinajstić information content (AvgIpc) is 2.62. The molecule has 2 N–H and O–H groups in total. The number of nitrogens with two attached hydrogens (primary N) is 1. The largest absolute Gasteiger partial charge is 0.383 e. The van der Waals surface area contributed by atoms with Crippen molar-refractivity contribution in [1.82, 2.24) is 14.8 Å². The first-order valence-electron chi connectivity index (χ1n) is 5.43. The number of pyridine rings is 1. The Balaban J connectivity index is 2.30. The minimum atomic E-state index is 0.601. The molecule has 0 saturated carbocycles. The van der Waals surface area contributed by atoms with Crippen molar-refractivity contribution in [2.75, 3.05) is 5.73 Å². The molecule has 0 atom stereocenters. The molecule has 84 valence electrons. The molecule has 0 fully saturated rings. The van der Waals surface area contributed by atoms with Crippen molar-refractivity contribution in [3.8, 4) is 0 Å². The summed E-state index contributed by atoms with van der Waals surface area (Å²) in [5, 5.41) is 4.41. The number of nitrogen functional groups attached to an aromatic ring is 1. The van der Waals surface area contributed by atoms with Gasteiger partial charge in [0, 0.05) is 30.4 Å². The second-order valence-corrected chi connectivity index (χ2v) is 3.82. The molecule has 2 aromatic rings. The van der Waals surface area contributed by atoms with E-state index in [1.807, 2.05) is 23.7 Å². The van der Waals surface area contributed by atoms with Gasteiger partial charge in [-0.15, -0.1) is 0 Å². The zero-order valence-corrected chi connectivity index (χ0v) is 9.64. The van der Waals surface area contributed by atoms with Crippen LogP contribution in [0.4, 0.5) is 5.82 Å². The summed E-state index contributed by atoms with van der Waals surface area (Å²) in [7, 11) is 0. The van der Waals surface area contributed by atoms with E-state index in [4.69, 9.17) is 5.73 Å². The molecule has 0 saturated heterocycles.